The molecule has 2 aromatic rings. The van der Waals surface area contributed by atoms with Gasteiger partial charge >= 0.3 is 0 Å². The number of nitrogens with two attached hydrogens (primary N) is 1. The van der Waals surface area contributed by atoms with Crippen molar-refractivity contribution >= 4 is 34.1 Å². The smallest absolute Gasteiger partial charge is 0.299 e. The lowest BCUT2D eigenvalue weighted by Crippen LogP contribution is -2.37. The molecule has 34 heavy (non-hydrogen) atoms. The Morgan fingerprint density at radius 3 is 1.85 bits per heavy atom. The average molecular weight is 478 g/mol. The summed E-state index contributed by atoms with van der Waals surface area (Å²) in [6.45, 7) is 1.74. The van der Waals surface area contributed by atoms with Crippen molar-refractivity contribution < 1.29 is 19.7 Å². The van der Waals surface area contributed by atoms with Crippen molar-refractivity contribution in [2.24, 2.45) is 5.73 Å². The molecule has 0 bridgehead atoms. The molecule has 0 aliphatic rings. The molecule has 0 saturated carbocycles. The first-order valence-electron chi connectivity index (χ1n) is 9.91. The van der Waals surface area contributed by atoms with Gasteiger partial charge in [-0.15, -0.1) is 0 Å². The molecule has 0 fully saturated rings. The van der Waals surface area contributed by atoms with Crippen LogP contribution in [0.15, 0.2) is 36.4 Å². The van der Waals surface area contributed by atoms with E-state index >= 15 is 0 Å². The normalized spacial score (nSPS) is 10.5. The van der Waals surface area contributed by atoms with Crippen molar-refractivity contribution in [2.45, 2.75) is 0 Å². The lowest BCUT2D eigenvalue weighted by Gasteiger charge is -2.25. The van der Waals surface area contributed by atoms with Crippen molar-refractivity contribution in [1.82, 2.24) is 5.32 Å². The van der Waals surface area contributed by atoms with Crippen LogP contribution < -0.4 is 21.3 Å². The first kappa shape index (κ1) is 25.8. The molecule has 16 heteroatoms. The fourth-order valence-corrected chi connectivity index (χ4v) is 3.09. The molecule has 0 saturated heterocycles. The van der Waals surface area contributed by atoms with Gasteiger partial charge < -0.3 is 21.3 Å². The Morgan fingerprint density at radius 2 is 1.29 bits per heavy atom. The van der Waals surface area contributed by atoms with Gasteiger partial charge in [0.15, 0.2) is 0 Å². The molecular weight excluding hydrogens is 456 g/mol. The van der Waals surface area contributed by atoms with Crippen LogP contribution in [0.1, 0.15) is 0 Å². The summed E-state index contributed by atoms with van der Waals surface area (Å²) >= 11 is 0. The summed E-state index contributed by atoms with van der Waals surface area (Å²) in [6, 6.07) is 6.44. The summed E-state index contributed by atoms with van der Waals surface area (Å²) in [5.41, 5.74) is 3.78. The lowest BCUT2D eigenvalue weighted by molar-refractivity contribution is -0.394. The van der Waals surface area contributed by atoms with E-state index in [0.29, 0.717) is 19.6 Å². The van der Waals surface area contributed by atoms with Gasteiger partial charge in [0.05, 0.1) is 31.8 Å². The average Bonchev–Trinajstić information content (AvgIpc) is 2.80. The first-order chi connectivity index (χ1) is 16.1. The van der Waals surface area contributed by atoms with E-state index < -0.39 is 42.4 Å². The zero-order chi connectivity index (χ0) is 25.3. The van der Waals surface area contributed by atoms with Gasteiger partial charge in [-0.1, -0.05) is 0 Å². The molecule has 0 unspecified atom stereocenters. The molecule has 0 heterocycles. The molecule has 2 rings (SSSR count). The summed E-state index contributed by atoms with van der Waals surface area (Å²) in [4.78, 5) is 43.4. The van der Waals surface area contributed by atoms with Crippen LogP contribution in [-0.4, -0.2) is 59.0 Å². The van der Waals surface area contributed by atoms with Gasteiger partial charge in [0.1, 0.15) is 11.4 Å². The van der Waals surface area contributed by atoms with Gasteiger partial charge in [-0.05, 0) is 12.1 Å². The highest BCUT2D eigenvalue weighted by atomic mass is 16.6. The maximum Gasteiger partial charge on any atom is 0.299 e. The molecular formula is C18H22N8O8. The van der Waals surface area contributed by atoms with E-state index in [0.717, 1.165) is 24.3 Å². The fourth-order valence-electron chi connectivity index (χ4n) is 3.09. The number of hydrogen-bond donors (Lipinski definition) is 3. The Labute approximate surface area is 191 Å². The van der Waals surface area contributed by atoms with Gasteiger partial charge in [-0.25, -0.2) is 0 Å². The summed E-state index contributed by atoms with van der Waals surface area (Å²) in [6.07, 6.45) is 0. The zero-order valence-electron chi connectivity index (χ0n) is 17.8. The molecule has 0 aliphatic carbocycles. The fraction of sp³-hybridized carbons (Fsp3) is 0.333. The number of anilines is 2. The Balaban J connectivity index is 2.26. The van der Waals surface area contributed by atoms with Crippen molar-refractivity contribution in [3.8, 4) is 0 Å². The first-order valence-corrected chi connectivity index (χ1v) is 9.91. The number of nitro groups is 4. The highest BCUT2D eigenvalue weighted by molar-refractivity contribution is 5.68. The van der Waals surface area contributed by atoms with Crippen molar-refractivity contribution in [3.05, 3.63) is 76.9 Å². The Kier molecular flexibility index (Phi) is 9.09. The molecule has 0 radical (unpaired) electrons. The van der Waals surface area contributed by atoms with Crippen molar-refractivity contribution in [1.29, 1.82) is 0 Å². The van der Waals surface area contributed by atoms with E-state index in [9.17, 15) is 40.5 Å². The second-order valence-corrected chi connectivity index (χ2v) is 6.86. The number of rotatable bonds is 14. The number of nitro benzene ring substituents is 4. The minimum Gasteiger partial charge on any atom is -0.378 e. The Hall–Kier alpha value is -4.44. The largest absolute Gasteiger partial charge is 0.378 e. The number of benzene rings is 2. The monoisotopic (exact) mass is 478 g/mol. The van der Waals surface area contributed by atoms with Crippen LogP contribution in [0.25, 0.3) is 0 Å². The van der Waals surface area contributed by atoms with Gasteiger partial charge in [-0.3, -0.25) is 40.5 Å². The minimum absolute atomic E-state index is 0.0370. The zero-order valence-corrected chi connectivity index (χ0v) is 17.8. The third-order valence-corrected chi connectivity index (χ3v) is 4.67. The Morgan fingerprint density at radius 1 is 0.735 bits per heavy atom. The second kappa shape index (κ2) is 12.0. The maximum atomic E-state index is 11.6. The summed E-state index contributed by atoms with van der Waals surface area (Å²) in [7, 11) is 0. The summed E-state index contributed by atoms with van der Waals surface area (Å²) in [5, 5.41) is 50.6. The van der Waals surface area contributed by atoms with Crippen LogP contribution in [0.3, 0.4) is 0 Å². The molecule has 2 aromatic carbocycles. The molecule has 0 aliphatic heterocycles. The topological polar surface area (TPSA) is 226 Å². The van der Waals surface area contributed by atoms with Crippen LogP contribution in [0, 0.1) is 40.5 Å². The standard InChI is InChI=1S/C18H22N8O8/c19-5-6-20-7-9-22(16-4-2-14(24(29)30)12-18(16)26(33)34)10-8-21-15-3-1-13(23(27)28)11-17(15)25(31)32/h1-4,11-12,20-21H,5-10,19H2. The third-order valence-electron chi connectivity index (χ3n) is 4.67. The van der Waals surface area contributed by atoms with Crippen molar-refractivity contribution in [2.75, 3.05) is 49.5 Å². The number of hydrogen-bond acceptors (Lipinski definition) is 12. The molecule has 0 aromatic heterocycles. The van der Waals surface area contributed by atoms with E-state index in [4.69, 9.17) is 5.73 Å². The highest BCUT2D eigenvalue weighted by Crippen LogP contribution is 2.32. The quantitative estimate of drug-likeness (QED) is 0.200. The van der Waals surface area contributed by atoms with Gasteiger partial charge in [-0.2, -0.15) is 0 Å². The summed E-state index contributed by atoms with van der Waals surface area (Å²) in [5.74, 6) is 0. The van der Waals surface area contributed by atoms with Crippen LogP contribution in [0.2, 0.25) is 0 Å². The van der Waals surface area contributed by atoms with Crippen LogP contribution in [-0.2, 0) is 0 Å². The molecule has 0 atom stereocenters. The molecule has 0 spiro atoms. The van der Waals surface area contributed by atoms with Gasteiger partial charge in [0.2, 0.25) is 0 Å². The van der Waals surface area contributed by atoms with E-state index in [-0.39, 0.29) is 31.0 Å². The van der Waals surface area contributed by atoms with E-state index in [1.54, 1.807) is 4.90 Å². The number of nitrogens with one attached hydrogen (secondary N) is 2. The molecule has 0 amide bonds. The predicted octanol–water partition coefficient (Wildman–Crippen LogP) is 1.79. The van der Waals surface area contributed by atoms with Gasteiger partial charge in [0, 0.05) is 51.4 Å². The Bertz CT molecular complexity index is 1080. The van der Waals surface area contributed by atoms with E-state index in [1.807, 2.05) is 0 Å². The second-order valence-electron chi connectivity index (χ2n) is 6.86. The molecule has 182 valence electrons. The highest BCUT2D eigenvalue weighted by Gasteiger charge is 2.24. The summed E-state index contributed by atoms with van der Waals surface area (Å²) < 4.78 is 0. The number of non-ortho nitro benzene ring substituents is 2. The molecule has 4 N–H and O–H groups in total. The predicted molar refractivity (Wildman–Crippen MR) is 122 cm³/mol. The minimum atomic E-state index is -0.759. The lowest BCUT2D eigenvalue weighted by atomic mass is 10.2. The van der Waals surface area contributed by atoms with Gasteiger partial charge in [0.25, 0.3) is 22.7 Å². The van der Waals surface area contributed by atoms with E-state index in [1.165, 1.54) is 12.1 Å². The van der Waals surface area contributed by atoms with Crippen LogP contribution >= 0.6 is 0 Å². The van der Waals surface area contributed by atoms with Crippen molar-refractivity contribution in [3.63, 3.8) is 0 Å². The van der Waals surface area contributed by atoms with Crippen LogP contribution in [0.4, 0.5) is 34.1 Å². The SMILES string of the molecule is NCCNCCN(CCNc1ccc([N+](=O)[O-])cc1[N+](=O)[O-])c1ccc([N+](=O)[O-])cc1[N+](=O)[O-]. The number of nitrogens with zero attached hydrogens (tertiary/aromatic N) is 5. The maximum absolute atomic E-state index is 11.6. The molecule has 16 nitrogen and oxygen atoms in total. The van der Waals surface area contributed by atoms with Crippen LogP contribution in [0.5, 0.6) is 0 Å². The van der Waals surface area contributed by atoms with E-state index in [2.05, 4.69) is 10.6 Å². The third kappa shape index (κ3) is 6.78.